The van der Waals surface area contributed by atoms with E-state index in [1.54, 1.807) is 31.2 Å². The van der Waals surface area contributed by atoms with Crippen molar-refractivity contribution in [2.24, 2.45) is 11.8 Å². The van der Waals surface area contributed by atoms with Gasteiger partial charge >= 0.3 is 0 Å². The van der Waals surface area contributed by atoms with Crippen molar-refractivity contribution in [2.45, 2.75) is 51.8 Å². The number of ether oxygens (including phenoxy) is 2. The highest BCUT2D eigenvalue weighted by molar-refractivity contribution is 6.00. The van der Waals surface area contributed by atoms with Gasteiger partial charge in [0.25, 0.3) is 5.91 Å². The molecule has 1 saturated carbocycles. The molecule has 36 heavy (non-hydrogen) atoms. The quantitative estimate of drug-likeness (QED) is 0.680. The van der Waals surface area contributed by atoms with E-state index in [1.165, 1.54) is 5.56 Å². The lowest BCUT2D eigenvalue weighted by Crippen LogP contribution is -2.46. The summed E-state index contributed by atoms with van der Waals surface area (Å²) in [6.07, 6.45) is 6.43. The Morgan fingerprint density at radius 2 is 1.92 bits per heavy atom. The second-order valence-corrected chi connectivity index (χ2v) is 10.2. The van der Waals surface area contributed by atoms with E-state index in [2.05, 4.69) is 29.0 Å². The summed E-state index contributed by atoms with van der Waals surface area (Å²) >= 11 is 0. The number of nitrogens with one attached hydrogen (secondary N) is 1. The van der Waals surface area contributed by atoms with Crippen molar-refractivity contribution in [2.75, 3.05) is 39.2 Å². The Morgan fingerprint density at radius 3 is 2.58 bits per heavy atom. The number of aromatic nitrogens is 1. The molecule has 0 spiro atoms. The van der Waals surface area contributed by atoms with E-state index in [0.717, 1.165) is 32.4 Å². The van der Waals surface area contributed by atoms with Gasteiger partial charge in [-0.15, -0.1) is 0 Å². The van der Waals surface area contributed by atoms with Crippen molar-refractivity contribution in [1.82, 2.24) is 14.8 Å². The minimum Gasteiger partial charge on any atom is -0.491 e. The van der Waals surface area contributed by atoms with E-state index in [4.69, 9.17) is 9.47 Å². The fraction of sp³-hybridized carbons (Fsp3) is 0.536. The molecule has 2 amide bonds. The maximum absolute atomic E-state index is 13.5. The topological polar surface area (TPSA) is 84.0 Å². The summed E-state index contributed by atoms with van der Waals surface area (Å²) in [5, 5.41) is 2.98. The third-order valence-electron chi connectivity index (χ3n) is 7.45. The van der Waals surface area contributed by atoms with Gasteiger partial charge in [0, 0.05) is 63.8 Å². The van der Waals surface area contributed by atoms with Crippen LogP contribution in [0.5, 0.6) is 5.75 Å². The highest BCUT2D eigenvalue weighted by atomic mass is 16.5. The summed E-state index contributed by atoms with van der Waals surface area (Å²) in [4.78, 5) is 34.2. The molecule has 8 heteroatoms. The number of benzene rings is 1. The van der Waals surface area contributed by atoms with Crippen LogP contribution in [0.4, 0.5) is 5.69 Å². The molecule has 1 fully saturated rings. The fourth-order valence-corrected chi connectivity index (χ4v) is 4.79. The molecule has 2 aromatic rings. The third kappa shape index (κ3) is 6.23. The predicted molar refractivity (Wildman–Crippen MR) is 139 cm³/mol. The molecule has 1 aliphatic carbocycles. The van der Waals surface area contributed by atoms with Gasteiger partial charge in [0.05, 0.1) is 11.7 Å². The van der Waals surface area contributed by atoms with Gasteiger partial charge in [0.15, 0.2) is 0 Å². The number of likely N-dealkylation sites (N-methyl/N-ethyl adjacent to an activating group) is 1. The van der Waals surface area contributed by atoms with Crippen LogP contribution in [-0.4, -0.2) is 72.6 Å². The van der Waals surface area contributed by atoms with Crippen molar-refractivity contribution in [3.05, 3.63) is 53.9 Å². The lowest BCUT2D eigenvalue weighted by Gasteiger charge is -2.36. The number of amides is 2. The molecule has 1 N–H and O–H groups in total. The van der Waals surface area contributed by atoms with E-state index in [1.807, 2.05) is 30.6 Å². The average molecular weight is 495 g/mol. The number of hydrogen-bond donors (Lipinski definition) is 1. The van der Waals surface area contributed by atoms with Crippen LogP contribution in [0.1, 0.15) is 49.0 Å². The zero-order valence-corrected chi connectivity index (χ0v) is 21.8. The molecule has 0 unspecified atom stereocenters. The van der Waals surface area contributed by atoms with Gasteiger partial charge in [-0.05, 0) is 61.6 Å². The predicted octanol–water partition coefficient (Wildman–Crippen LogP) is 3.83. The lowest BCUT2D eigenvalue weighted by atomic mass is 9.85. The molecule has 194 valence electrons. The number of methoxy groups -OCH3 is 1. The largest absolute Gasteiger partial charge is 0.491 e. The number of anilines is 1. The molecule has 0 saturated heterocycles. The summed E-state index contributed by atoms with van der Waals surface area (Å²) in [6, 6.07) is 9.50. The number of carbonyl (C=O) groups excluding carboxylic acids is 2. The van der Waals surface area contributed by atoms with Crippen molar-refractivity contribution < 1.29 is 19.1 Å². The van der Waals surface area contributed by atoms with E-state index >= 15 is 0 Å². The zero-order valence-electron chi connectivity index (χ0n) is 21.8. The molecule has 3 atom stereocenters. The van der Waals surface area contributed by atoms with E-state index in [-0.39, 0.29) is 35.8 Å². The average Bonchev–Trinajstić information content (AvgIpc) is 2.84. The SMILES string of the molecule is CO[C@H]1CN(C)C(=O)c2cc(NC(=O)C3CCC3)ccc2OC[C@H](C)N(Cc2ccncc2)C[C@H]1C. The summed E-state index contributed by atoms with van der Waals surface area (Å²) in [5.41, 5.74) is 2.25. The van der Waals surface area contributed by atoms with Gasteiger partial charge in [0.1, 0.15) is 12.4 Å². The summed E-state index contributed by atoms with van der Waals surface area (Å²) in [5.74, 6) is 0.635. The highest BCUT2D eigenvalue weighted by Crippen LogP contribution is 2.30. The van der Waals surface area contributed by atoms with Crippen LogP contribution in [0.25, 0.3) is 0 Å². The number of hydrogen-bond acceptors (Lipinski definition) is 6. The highest BCUT2D eigenvalue weighted by Gasteiger charge is 2.29. The van der Waals surface area contributed by atoms with E-state index in [9.17, 15) is 9.59 Å². The van der Waals surface area contributed by atoms with Gasteiger partial charge in [-0.2, -0.15) is 0 Å². The van der Waals surface area contributed by atoms with Crippen molar-refractivity contribution in [1.29, 1.82) is 0 Å². The summed E-state index contributed by atoms with van der Waals surface area (Å²) < 4.78 is 12.1. The lowest BCUT2D eigenvalue weighted by molar-refractivity contribution is -0.122. The normalized spacial score (nSPS) is 24.1. The van der Waals surface area contributed by atoms with E-state index in [0.29, 0.717) is 30.2 Å². The Hall–Kier alpha value is -2.97. The molecule has 0 bridgehead atoms. The van der Waals surface area contributed by atoms with Gasteiger partial charge in [-0.3, -0.25) is 19.5 Å². The number of carbonyl (C=O) groups is 2. The molecular formula is C28H38N4O4. The number of pyridine rings is 1. The molecule has 1 aromatic heterocycles. The number of rotatable bonds is 5. The maximum atomic E-state index is 13.5. The molecule has 2 heterocycles. The maximum Gasteiger partial charge on any atom is 0.257 e. The van der Waals surface area contributed by atoms with Crippen LogP contribution < -0.4 is 10.1 Å². The molecule has 1 aromatic carbocycles. The molecule has 2 aliphatic rings. The Labute approximate surface area is 214 Å². The minimum atomic E-state index is -0.152. The first kappa shape index (κ1) is 26.1. The van der Waals surface area contributed by atoms with Gasteiger partial charge in [-0.25, -0.2) is 0 Å². The fourth-order valence-electron chi connectivity index (χ4n) is 4.79. The van der Waals surface area contributed by atoms with Crippen LogP contribution >= 0.6 is 0 Å². The van der Waals surface area contributed by atoms with Crippen LogP contribution in [0, 0.1) is 11.8 Å². The smallest absolute Gasteiger partial charge is 0.257 e. The molecule has 1 aliphatic heterocycles. The summed E-state index contributed by atoms with van der Waals surface area (Å²) in [7, 11) is 3.49. The first-order valence-electron chi connectivity index (χ1n) is 12.8. The third-order valence-corrected chi connectivity index (χ3v) is 7.45. The number of nitrogens with zero attached hydrogens (tertiary/aromatic N) is 3. The molecule has 8 nitrogen and oxygen atoms in total. The summed E-state index contributed by atoms with van der Waals surface area (Å²) in [6.45, 7) is 6.74. The van der Waals surface area contributed by atoms with Gasteiger partial charge in [0.2, 0.25) is 5.91 Å². The molecular weight excluding hydrogens is 456 g/mol. The van der Waals surface area contributed by atoms with Crippen molar-refractivity contribution in [3.63, 3.8) is 0 Å². The standard InChI is InChI=1S/C28H38N4O4/c1-19-15-32(16-21-10-12-29-13-11-21)20(2)18-36-25-9-8-23(30-27(33)22-6-5-7-22)14-24(25)28(34)31(3)17-26(19)35-4/h8-14,19-20,22,26H,5-7,15-18H2,1-4H3,(H,30,33)/t19-,20+,26+/m1/s1. The molecule has 4 rings (SSSR count). The van der Waals surface area contributed by atoms with Crippen LogP contribution in [0.3, 0.4) is 0 Å². The minimum absolute atomic E-state index is 0.0183. The van der Waals surface area contributed by atoms with Gasteiger partial charge < -0.3 is 19.7 Å². The van der Waals surface area contributed by atoms with Crippen molar-refractivity contribution >= 4 is 17.5 Å². The van der Waals surface area contributed by atoms with Crippen LogP contribution in [0.2, 0.25) is 0 Å². The Balaban J connectivity index is 1.60. The monoisotopic (exact) mass is 494 g/mol. The van der Waals surface area contributed by atoms with Crippen LogP contribution in [-0.2, 0) is 16.1 Å². The second kappa shape index (κ2) is 11.8. The van der Waals surface area contributed by atoms with Crippen molar-refractivity contribution in [3.8, 4) is 5.75 Å². The first-order valence-corrected chi connectivity index (χ1v) is 12.8. The Morgan fingerprint density at radius 1 is 1.17 bits per heavy atom. The second-order valence-electron chi connectivity index (χ2n) is 10.2. The Bertz CT molecular complexity index is 1040. The first-order chi connectivity index (χ1) is 17.4. The number of fused-ring (bicyclic) bond motifs is 1. The van der Waals surface area contributed by atoms with Gasteiger partial charge in [-0.1, -0.05) is 13.3 Å². The zero-order chi connectivity index (χ0) is 25.7. The van der Waals surface area contributed by atoms with E-state index < -0.39 is 0 Å². The van der Waals surface area contributed by atoms with Crippen LogP contribution in [0.15, 0.2) is 42.7 Å². The molecule has 0 radical (unpaired) electrons. The Kier molecular flexibility index (Phi) is 8.59.